The molecule has 0 bridgehead atoms. The van der Waals surface area contributed by atoms with Crippen LogP contribution in [0.2, 0.25) is 0 Å². The van der Waals surface area contributed by atoms with Crippen LogP contribution < -0.4 is 5.32 Å². The van der Waals surface area contributed by atoms with Crippen molar-refractivity contribution in [3.8, 4) is 0 Å². The van der Waals surface area contributed by atoms with E-state index in [4.69, 9.17) is 4.74 Å². The quantitative estimate of drug-likeness (QED) is 0.0322. The van der Waals surface area contributed by atoms with Crippen molar-refractivity contribution < 1.29 is 24.5 Å². The Morgan fingerprint density at radius 3 is 1.32 bits per heavy atom. The second-order valence-corrected chi connectivity index (χ2v) is 18.2. The van der Waals surface area contributed by atoms with Gasteiger partial charge in [-0.2, -0.15) is 0 Å². The fourth-order valence-electron chi connectivity index (χ4n) is 8.13. The van der Waals surface area contributed by atoms with Crippen LogP contribution in [-0.2, 0) is 14.3 Å². The first-order valence-corrected chi connectivity index (χ1v) is 26.6. The number of aliphatic hydroxyl groups is 2. The molecule has 0 aromatic heterocycles. The van der Waals surface area contributed by atoms with E-state index in [2.05, 4.69) is 43.5 Å². The first-order chi connectivity index (χ1) is 29.5. The van der Waals surface area contributed by atoms with Crippen LogP contribution in [-0.4, -0.2) is 47.4 Å². The molecule has 6 heteroatoms. The second-order valence-electron chi connectivity index (χ2n) is 18.2. The maximum atomic E-state index is 12.4. The number of aliphatic hydroxyl groups excluding tert-OH is 2. The van der Waals surface area contributed by atoms with Crippen molar-refractivity contribution in [2.45, 2.75) is 296 Å². The largest absolute Gasteiger partial charge is 0.466 e. The molecule has 0 aliphatic carbocycles. The standard InChI is InChI=1S/C54H103NO5/c1-3-5-7-9-11-13-15-17-24-28-32-36-40-44-48-54(59)60-49-45-41-37-33-29-25-21-19-18-20-23-27-31-35-39-43-47-53(58)55-51(50-56)52(57)46-42-38-34-30-26-22-16-14-12-10-8-6-4-2/h9,11,15,17,51-52,56-57H,3-8,10,12-14,16,18-50H2,1-2H3,(H,55,58)/b11-9-,17-15-. The maximum absolute atomic E-state index is 12.4. The third-order valence-electron chi connectivity index (χ3n) is 12.3. The molecule has 0 radical (unpaired) electrons. The lowest BCUT2D eigenvalue weighted by atomic mass is 10.0. The summed E-state index contributed by atoms with van der Waals surface area (Å²) in [6, 6.07) is -0.546. The molecule has 2 atom stereocenters. The Balaban J connectivity index is 3.43. The Morgan fingerprint density at radius 1 is 0.467 bits per heavy atom. The number of hydrogen-bond acceptors (Lipinski definition) is 5. The van der Waals surface area contributed by atoms with Crippen molar-refractivity contribution in [1.82, 2.24) is 5.32 Å². The molecule has 0 rings (SSSR count). The average molecular weight is 846 g/mol. The van der Waals surface area contributed by atoms with Gasteiger partial charge < -0.3 is 20.3 Å². The first-order valence-electron chi connectivity index (χ1n) is 26.6. The highest BCUT2D eigenvalue weighted by atomic mass is 16.5. The molecule has 0 aliphatic heterocycles. The SMILES string of the molecule is CCCC/C=C\C/C=C\CCCCCCCC(=O)OCCCCCCCCCCCCCCCCCCC(=O)NC(CO)C(O)CCCCCCCCCCCCCCC. The summed E-state index contributed by atoms with van der Waals surface area (Å²) in [6.07, 6.45) is 58.6. The van der Waals surface area contributed by atoms with Gasteiger partial charge in [-0.05, 0) is 51.4 Å². The Labute approximate surface area is 373 Å². The van der Waals surface area contributed by atoms with Gasteiger partial charge in [-0.3, -0.25) is 9.59 Å². The lowest BCUT2D eigenvalue weighted by molar-refractivity contribution is -0.143. The van der Waals surface area contributed by atoms with E-state index in [1.54, 1.807) is 0 Å². The van der Waals surface area contributed by atoms with Gasteiger partial charge in [0, 0.05) is 12.8 Å². The van der Waals surface area contributed by atoms with Gasteiger partial charge in [-0.25, -0.2) is 0 Å². The average Bonchev–Trinajstić information content (AvgIpc) is 3.25. The Kier molecular flexibility index (Phi) is 48.6. The molecule has 1 amide bonds. The number of carbonyl (C=O) groups excluding carboxylic acids is 2. The molecular weight excluding hydrogens is 743 g/mol. The molecule has 0 aromatic rings. The van der Waals surface area contributed by atoms with Crippen LogP contribution in [0.3, 0.4) is 0 Å². The summed E-state index contributed by atoms with van der Waals surface area (Å²) in [4.78, 5) is 24.5. The zero-order valence-electron chi connectivity index (χ0n) is 40.2. The monoisotopic (exact) mass is 846 g/mol. The van der Waals surface area contributed by atoms with Crippen molar-refractivity contribution in [2.24, 2.45) is 0 Å². The van der Waals surface area contributed by atoms with Crippen LogP contribution in [0.4, 0.5) is 0 Å². The summed E-state index contributed by atoms with van der Waals surface area (Å²) in [5, 5.41) is 23.2. The molecule has 2 unspecified atom stereocenters. The Bertz CT molecular complexity index is 935. The van der Waals surface area contributed by atoms with Crippen molar-refractivity contribution >= 4 is 11.9 Å². The lowest BCUT2D eigenvalue weighted by Crippen LogP contribution is -2.45. The molecule has 0 aliphatic rings. The van der Waals surface area contributed by atoms with Crippen LogP contribution in [0.1, 0.15) is 284 Å². The van der Waals surface area contributed by atoms with Gasteiger partial charge in [-0.15, -0.1) is 0 Å². The van der Waals surface area contributed by atoms with Gasteiger partial charge in [0.05, 0.1) is 25.4 Å². The topological polar surface area (TPSA) is 95.9 Å². The number of nitrogens with one attached hydrogen (secondary N) is 1. The number of rotatable bonds is 49. The predicted octanol–water partition coefficient (Wildman–Crippen LogP) is 15.9. The summed E-state index contributed by atoms with van der Waals surface area (Å²) >= 11 is 0. The van der Waals surface area contributed by atoms with Gasteiger partial charge in [0.1, 0.15) is 0 Å². The van der Waals surface area contributed by atoms with E-state index in [9.17, 15) is 19.8 Å². The Morgan fingerprint density at radius 2 is 0.850 bits per heavy atom. The molecule has 6 nitrogen and oxygen atoms in total. The smallest absolute Gasteiger partial charge is 0.305 e. The van der Waals surface area contributed by atoms with Gasteiger partial charge in [0.25, 0.3) is 0 Å². The highest BCUT2D eigenvalue weighted by Gasteiger charge is 2.20. The van der Waals surface area contributed by atoms with E-state index in [1.807, 2.05) is 0 Å². The van der Waals surface area contributed by atoms with Crippen molar-refractivity contribution in [3.63, 3.8) is 0 Å². The second kappa shape index (κ2) is 50.0. The van der Waals surface area contributed by atoms with Crippen LogP contribution in [0.25, 0.3) is 0 Å². The molecule has 0 spiro atoms. The van der Waals surface area contributed by atoms with Gasteiger partial charge >= 0.3 is 5.97 Å². The Hall–Kier alpha value is -1.66. The predicted molar refractivity (Wildman–Crippen MR) is 260 cm³/mol. The minimum atomic E-state index is -0.668. The molecule has 0 saturated heterocycles. The van der Waals surface area contributed by atoms with Gasteiger partial charge in [-0.1, -0.05) is 244 Å². The van der Waals surface area contributed by atoms with E-state index in [0.717, 1.165) is 57.8 Å². The number of hydrogen-bond donors (Lipinski definition) is 3. The number of carbonyl (C=O) groups is 2. The third kappa shape index (κ3) is 45.9. The van der Waals surface area contributed by atoms with Crippen LogP contribution in [0.5, 0.6) is 0 Å². The molecule has 354 valence electrons. The summed E-state index contributed by atoms with van der Waals surface area (Å²) in [6.45, 7) is 4.89. The fraction of sp³-hybridized carbons (Fsp3) is 0.889. The number of ether oxygens (including phenoxy) is 1. The van der Waals surface area contributed by atoms with Gasteiger partial charge in [0.15, 0.2) is 0 Å². The highest BCUT2D eigenvalue weighted by Crippen LogP contribution is 2.17. The zero-order chi connectivity index (χ0) is 43.7. The van der Waals surface area contributed by atoms with Crippen molar-refractivity contribution in [2.75, 3.05) is 13.2 Å². The number of unbranched alkanes of at least 4 members (excludes halogenated alkanes) is 34. The van der Waals surface area contributed by atoms with Crippen LogP contribution >= 0.6 is 0 Å². The summed E-state index contributed by atoms with van der Waals surface area (Å²) in [5.74, 6) is -0.0538. The number of amides is 1. The molecule has 60 heavy (non-hydrogen) atoms. The molecular formula is C54H103NO5. The number of allylic oxidation sites excluding steroid dienone is 4. The van der Waals surface area contributed by atoms with E-state index in [-0.39, 0.29) is 18.5 Å². The van der Waals surface area contributed by atoms with Gasteiger partial charge in [0.2, 0.25) is 5.91 Å². The summed E-state index contributed by atoms with van der Waals surface area (Å²) < 4.78 is 5.46. The zero-order valence-corrected chi connectivity index (χ0v) is 40.2. The molecule has 0 aromatic carbocycles. The summed E-state index contributed by atoms with van der Waals surface area (Å²) in [7, 11) is 0. The highest BCUT2D eigenvalue weighted by molar-refractivity contribution is 5.76. The fourth-order valence-corrected chi connectivity index (χ4v) is 8.13. The van der Waals surface area contributed by atoms with Crippen LogP contribution in [0, 0.1) is 0 Å². The summed E-state index contributed by atoms with van der Waals surface area (Å²) in [5.41, 5.74) is 0. The van der Waals surface area contributed by atoms with E-state index >= 15 is 0 Å². The normalized spacial score (nSPS) is 12.8. The van der Waals surface area contributed by atoms with E-state index in [1.165, 1.54) is 193 Å². The maximum Gasteiger partial charge on any atom is 0.305 e. The van der Waals surface area contributed by atoms with Crippen molar-refractivity contribution in [3.05, 3.63) is 24.3 Å². The van der Waals surface area contributed by atoms with E-state index < -0.39 is 12.1 Å². The molecule has 0 fully saturated rings. The van der Waals surface area contributed by atoms with E-state index in [0.29, 0.717) is 25.9 Å². The minimum absolute atomic E-state index is 0.0115. The van der Waals surface area contributed by atoms with Crippen molar-refractivity contribution in [1.29, 1.82) is 0 Å². The third-order valence-corrected chi connectivity index (χ3v) is 12.3. The number of esters is 1. The minimum Gasteiger partial charge on any atom is -0.466 e. The molecule has 0 heterocycles. The molecule has 3 N–H and O–H groups in total. The first kappa shape index (κ1) is 58.3. The lowest BCUT2D eigenvalue weighted by Gasteiger charge is -2.22. The molecule has 0 saturated carbocycles. The van der Waals surface area contributed by atoms with Crippen LogP contribution in [0.15, 0.2) is 24.3 Å².